The normalized spacial score (nSPS) is 14.5. The quantitative estimate of drug-likeness (QED) is 0.806. The molecule has 106 valence electrons. The zero-order chi connectivity index (χ0) is 14.4. The summed E-state index contributed by atoms with van der Waals surface area (Å²) in [5.41, 5.74) is 1.84. The van der Waals surface area contributed by atoms with Gasteiger partial charge >= 0.3 is 0 Å². The highest BCUT2D eigenvalue weighted by molar-refractivity contribution is 7.19. The number of amides is 1. The molecule has 4 rings (SSSR count). The van der Waals surface area contributed by atoms with E-state index in [4.69, 9.17) is 0 Å². The molecule has 0 aliphatic heterocycles. The number of hydrogen-bond acceptors (Lipinski definition) is 5. The lowest BCUT2D eigenvalue weighted by atomic mass is 10.2. The van der Waals surface area contributed by atoms with Gasteiger partial charge in [-0.3, -0.25) is 4.79 Å². The number of carbonyl (C=O) groups is 1. The third kappa shape index (κ3) is 2.29. The standard InChI is InChI=1S/C14H13N5OS/c1-8-16-17-14-19(8)18-13(21-14)10-4-6-11(7-5-10)15-12(20)9-2-3-9/h4-7,9H,2-3H2,1H3,(H,15,20). The first-order valence-corrected chi connectivity index (χ1v) is 7.62. The first-order valence-electron chi connectivity index (χ1n) is 6.81. The van der Waals surface area contributed by atoms with Crippen molar-refractivity contribution >= 4 is 27.9 Å². The molecule has 1 fully saturated rings. The molecule has 1 aromatic carbocycles. The van der Waals surface area contributed by atoms with E-state index in [0.717, 1.165) is 39.9 Å². The number of rotatable bonds is 3. The predicted molar refractivity (Wildman–Crippen MR) is 80.2 cm³/mol. The van der Waals surface area contributed by atoms with Crippen LogP contribution in [-0.4, -0.2) is 25.7 Å². The van der Waals surface area contributed by atoms with Gasteiger partial charge in [-0.05, 0) is 44.0 Å². The van der Waals surface area contributed by atoms with Gasteiger partial charge in [0.05, 0.1) is 0 Å². The number of aromatic nitrogens is 4. The van der Waals surface area contributed by atoms with Crippen molar-refractivity contribution in [3.8, 4) is 10.6 Å². The van der Waals surface area contributed by atoms with E-state index in [1.807, 2.05) is 31.2 Å². The van der Waals surface area contributed by atoms with Crippen LogP contribution in [0.1, 0.15) is 18.7 Å². The van der Waals surface area contributed by atoms with Crippen molar-refractivity contribution in [1.29, 1.82) is 0 Å². The number of nitrogens with zero attached hydrogens (tertiary/aromatic N) is 4. The number of benzene rings is 1. The van der Waals surface area contributed by atoms with Crippen LogP contribution in [0.2, 0.25) is 0 Å². The summed E-state index contributed by atoms with van der Waals surface area (Å²) in [4.78, 5) is 12.5. The van der Waals surface area contributed by atoms with Gasteiger partial charge in [-0.1, -0.05) is 11.3 Å². The summed E-state index contributed by atoms with van der Waals surface area (Å²) in [5.74, 6) is 1.12. The summed E-state index contributed by atoms with van der Waals surface area (Å²) in [5, 5.41) is 16.3. The maximum Gasteiger partial charge on any atom is 0.234 e. The molecule has 0 bridgehead atoms. The summed E-state index contributed by atoms with van der Waals surface area (Å²) in [6.45, 7) is 1.88. The van der Waals surface area contributed by atoms with E-state index >= 15 is 0 Å². The number of fused-ring (bicyclic) bond motifs is 1. The molecular formula is C14H13N5OS. The second-order valence-electron chi connectivity index (χ2n) is 5.19. The van der Waals surface area contributed by atoms with Gasteiger partial charge in [0.2, 0.25) is 10.9 Å². The van der Waals surface area contributed by atoms with Crippen LogP contribution in [0.3, 0.4) is 0 Å². The number of aryl methyl sites for hydroxylation is 1. The van der Waals surface area contributed by atoms with E-state index in [-0.39, 0.29) is 11.8 Å². The zero-order valence-electron chi connectivity index (χ0n) is 11.4. The zero-order valence-corrected chi connectivity index (χ0v) is 12.2. The van der Waals surface area contributed by atoms with E-state index in [1.165, 1.54) is 11.3 Å². The lowest BCUT2D eigenvalue weighted by Gasteiger charge is -2.04. The van der Waals surface area contributed by atoms with Crippen LogP contribution in [0.25, 0.3) is 15.5 Å². The lowest BCUT2D eigenvalue weighted by molar-refractivity contribution is -0.117. The summed E-state index contributed by atoms with van der Waals surface area (Å²) in [7, 11) is 0. The summed E-state index contributed by atoms with van der Waals surface area (Å²) < 4.78 is 1.74. The van der Waals surface area contributed by atoms with Crippen molar-refractivity contribution in [2.24, 2.45) is 5.92 Å². The molecule has 0 spiro atoms. The van der Waals surface area contributed by atoms with Gasteiger partial charge in [0, 0.05) is 17.2 Å². The Morgan fingerprint density at radius 3 is 2.71 bits per heavy atom. The molecule has 7 heteroatoms. The third-order valence-electron chi connectivity index (χ3n) is 3.49. The van der Waals surface area contributed by atoms with Gasteiger partial charge in [-0.15, -0.1) is 10.2 Å². The maximum atomic E-state index is 11.7. The molecule has 2 heterocycles. The molecule has 1 saturated carbocycles. The van der Waals surface area contributed by atoms with Crippen LogP contribution in [0.4, 0.5) is 5.69 Å². The average molecular weight is 299 g/mol. The van der Waals surface area contributed by atoms with Crippen molar-refractivity contribution < 1.29 is 4.79 Å². The van der Waals surface area contributed by atoms with Gasteiger partial charge in [-0.25, -0.2) is 0 Å². The van der Waals surface area contributed by atoms with E-state index in [1.54, 1.807) is 4.52 Å². The highest BCUT2D eigenvalue weighted by atomic mass is 32.1. The molecule has 0 unspecified atom stereocenters. The number of carbonyl (C=O) groups excluding carboxylic acids is 1. The van der Waals surface area contributed by atoms with Crippen LogP contribution >= 0.6 is 11.3 Å². The fourth-order valence-electron chi connectivity index (χ4n) is 2.12. The molecule has 1 amide bonds. The van der Waals surface area contributed by atoms with E-state index in [0.29, 0.717) is 0 Å². The second-order valence-corrected chi connectivity index (χ2v) is 6.15. The van der Waals surface area contributed by atoms with Gasteiger partial charge in [0.1, 0.15) is 5.01 Å². The molecule has 2 aromatic heterocycles. The van der Waals surface area contributed by atoms with Crippen molar-refractivity contribution in [1.82, 2.24) is 19.8 Å². The Morgan fingerprint density at radius 2 is 2.05 bits per heavy atom. The van der Waals surface area contributed by atoms with Crippen LogP contribution in [-0.2, 0) is 4.79 Å². The molecule has 0 radical (unpaired) electrons. The van der Waals surface area contributed by atoms with Crippen LogP contribution < -0.4 is 5.32 Å². The predicted octanol–water partition coefficient (Wildman–Crippen LogP) is 2.51. The van der Waals surface area contributed by atoms with Gasteiger partial charge in [-0.2, -0.15) is 9.61 Å². The minimum Gasteiger partial charge on any atom is -0.326 e. The largest absolute Gasteiger partial charge is 0.326 e. The van der Waals surface area contributed by atoms with Crippen LogP contribution in [0.5, 0.6) is 0 Å². The van der Waals surface area contributed by atoms with E-state index in [9.17, 15) is 4.79 Å². The van der Waals surface area contributed by atoms with Crippen LogP contribution in [0, 0.1) is 12.8 Å². The first-order chi connectivity index (χ1) is 10.2. The van der Waals surface area contributed by atoms with Crippen molar-refractivity contribution in [2.75, 3.05) is 5.32 Å². The Hall–Kier alpha value is -2.28. The van der Waals surface area contributed by atoms with Gasteiger partial charge in [0.15, 0.2) is 5.82 Å². The van der Waals surface area contributed by atoms with Crippen molar-refractivity contribution in [3.05, 3.63) is 30.1 Å². The molecular weight excluding hydrogens is 286 g/mol. The fraction of sp³-hybridized carbons (Fsp3) is 0.286. The highest BCUT2D eigenvalue weighted by Crippen LogP contribution is 2.31. The van der Waals surface area contributed by atoms with Crippen molar-refractivity contribution in [2.45, 2.75) is 19.8 Å². The molecule has 21 heavy (non-hydrogen) atoms. The van der Waals surface area contributed by atoms with E-state index < -0.39 is 0 Å². The maximum absolute atomic E-state index is 11.7. The Kier molecular flexibility index (Phi) is 2.75. The molecule has 3 aromatic rings. The molecule has 6 nitrogen and oxygen atoms in total. The fourth-order valence-corrected chi connectivity index (χ4v) is 3.01. The number of nitrogens with one attached hydrogen (secondary N) is 1. The first kappa shape index (κ1) is 12.5. The Bertz CT molecular complexity index is 816. The summed E-state index contributed by atoms with van der Waals surface area (Å²) in [6.07, 6.45) is 2.02. The smallest absolute Gasteiger partial charge is 0.234 e. The molecule has 1 aliphatic carbocycles. The molecule has 1 N–H and O–H groups in total. The Balaban J connectivity index is 1.58. The lowest BCUT2D eigenvalue weighted by Crippen LogP contribution is -2.12. The summed E-state index contributed by atoms with van der Waals surface area (Å²) in [6, 6.07) is 7.74. The highest BCUT2D eigenvalue weighted by Gasteiger charge is 2.29. The molecule has 0 saturated heterocycles. The Labute approximate surface area is 124 Å². The minimum atomic E-state index is 0.122. The molecule has 1 aliphatic rings. The van der Waals surface area contributed by atoms with Crippen molar-refractivity contribution in [3.63, 3.8) is 0 Å². The van der Waals surface area contributed by atoms with Crippen LogP contribution in [0.15, 0.2) is 24.3 Å². The third-order valence-corrected chi connectivity index (χ3v) is 4.44. The Morgan fingerprint density at radius 1 is 1.29 bits per heavy atom. The van der Waals surface area contributed by atoms with E-state index in [2.05, 4.69) is 20.6 Å². The SMILES string of the molecule is Cc1nnc2sc(-c3ccc(NC(=O)C4CC4)cc3)nn12. The molecule has 0 atom stereocenters. The topological polar surface area (TPSA) is 72.2 Å². The monoisotopic (exact) mass is 299 g/mol. The number of anilines is 1. The van der Waals surface area contributed by atoms with Gasteiger partial charge < -0.3 is 5.32 Å². The average Bonchev–Trinajstić information content (AvgIpc) is 3.17. The minimum absolute atomic E-state index is 0.122. The van der Waals surface area contributed by atoms with Gasteiger partial charge in [0.25, 0.3) is 0 Å². The summed E-state index contributed by atoms with van der Waals surface area (Å²) >= 11 is 1.50. The number of hydrogen-bond donors (Lipinski definition) is 1. The second kappa shape index (κ2) is 4.63.